The van der Waals surface area contributed by atoms with Gasteiger partial charge in [0.1, 0.15) is 13.2 Å². The van der Waals surface area contributed by atoms with Crippen LogP contribution in [0, 0.1) is 0 Å². The first-order valence-electron chi connectivity index (χ1n) is 6.21. The van der Waals surface area contributed by atoms with Crippen LogP contribution in [0.15, 0.2) is 48.5 Å². The molecule has 0 spiro atoms. The minimum absolute atomic E-state index is 0.446. The van der Waals surface area contributed by atoms with E-state index in [4.69, 9.17) is 9.47 Å². The molecule has 95 valence electrons. The molecule has 0 aliphatic carbocycles. The molecule has 1 unspecified atom stereocenters. The Kier molecular flexibility index (Phi) is 3.19. The SMILES string of the molecule is O=[C]C(c1ccccc1)c1cccc2c1OCCO2. The maximum Gasteiger partial charge on any atom is 0.211 e. The van der Waals surface area contributed by atoms with Gasteiger partial charge >= 0.3 is 0 Å². The zero-order valence-electron chi connectivity index (χ0n) is 10.3. The van der Waals surface area contributed by atoms with E-state index in [1.165, 1.54) is 0 Å². The van der Waals surface area contributed by atoms with Gasteiger partial charge in [-0.3, -0.25) is 4.79 Å². The van der Waals surface area contributed by atoms with Gasteiger partial charge in [-0.25, -0.2) is 0 Å². The molecule has 0 bridgehead atoms. The molecule has 0 N–H and O–H groups in total. The van der Waals surface area contributed by atoms with Crippen LogP contribution < -0.4 is 9.47 Å². The fourth-order valence-corrected chi connectivity index (χ4v) is 2.28. The molecule has 0 amide bonds. The minimum Gasteiger partial charge on any atom is -0.486 e. The van der Waals surface area contributed by atoms with Crippen LogP contribution in [-0.2, 0) is 4.79 Å². The van der Waals surface area contributed by atoms with E-state index < -0.39 is 5.92 Å². The number of para-hydroxylation sites is 1. The van der Waals surface area contributed by atoms with Gasteiger partial charge in [0.15, 0.2) is 11.5 Å². The number of hydrogen-bond acceptors (Lipinski definition) is 3. The predicted octanol–water partition coefficient (Wildman–Crippen LogP) is 2.70. The Labute approximate surface area is 111 Å². The lowest BCUT2D eigenvalue weighted by Gasteiger charge is -2.23. The Morgan fingerprint density at radius 2 is 1.74 bits per heavy atom. The van der Waals surface area contributed by atoms with Crippen molar-refractivity contribution >= 4 is 6.29 Å². The molecule has 0 fully saturated rings. The topological polar surface area (TPSA) is 35.5 Å². The van der Waals surface area contributed by atoms with Crippen molar-refractivity contribution in [3.63, 3.8) is 0 Å². The number of ether oxygens (including phenoxy) is 2. The van der Waals surface area contributed by atoms with E-state index in [0.29, 0.717) is 24.7 Å². The van der Waals surface area contributed by atoms with Crippen LogP contribution in [0.5, 0.6) is 11.5 Å². The van der Waals surface area contributed by atoms with E-state index >= 15 is 0 Å². The van der Waals surface area contributed by atoms with Gasteiger partial charge in [-0.2, -0.15) is 0 Å². The highest BCUT2D eigenvalue weighted by molar-refractivity contribution is 5.72. The fourth-order valence-electron chi connectivity index (χ4n) is 2.28. The summed E-state index contributed by atoms with van der Waals surface area (Å²) in [5.74, 6) is 0.906. The molecule has 3 nitrogen and oxygen atoms in total. The van der Waals surface area contributed by atoms with Crippen LogP contribution in [0.25, 0.3) is 0 Å². The molecule has 3 heteroatoms. The maximum atomic E-state index is 11.4. The second-order valence-corrected chi connectivity index (χ2v) is 4.33. The molecular formula is C16H13O3. The van der Waals surface area contributed by atoms with E-state index in [0.717, 1.165) is 11.1 Å². The van der Waals surface area contributed by atoms with E-state index in [9.17, 15) is 4.79 Å². The number of carbonyl (C=O) groups excluding carboxylic acids is 1. The largest absolute Gasteiger partial charge is 0.486 e. The fraction of sp³-hybridized carbons (Fsp3) is 0.188. The molecular weight excluding hydrogens is 240 g/mol. The molecule has 1 heterocycles. The Bertz CT molecular complexity index is 578. The van der Waals surface area contributed by atoms with Crippen LogP contribution in [0.3, 0.4) is 0 Å². The molecule has 1 radical (unpaired) electrons. The van der Waals surface area contributed by atoms with Crippen LogP contribution in [0.2, 0.25) is 0 Å². The Morgan fingerprint density at radius 1 is 0.947 bits per heavy atom. The number of fused-ring (bicyclic) bond motifs is 1. The first-order chi connectivity index (χ1) is 9.40. The van der Waals surface area contributed by atoms with Crippen molar-refractivity contribution in [2.75, 3.05) is 13.2 Å². The summed E-state index contributed by atoms with van der Waals surface area (Å²) in [4.78, 5) is 11.4. The van der Waals surface area contributed by atoms with Gasteiger partial charge in [0.05, 0.1) is 5.92 Å². The smallest absolute Gasteiger partial charge is 0.211 e. The van der Waals surface area contributed by atoms with Crippen molar-refractivity contribution in [3.8, 4) is 11.5 Å². The van der Waals surface area contributed by atoms with Gasteiger partial charge in [-0.05, 0) is 11.6 Å². The van der Waals surface area contributed by atoms with Gasteiger partial charge in [-0.15, -0.1) is 0 Å². The molecule has 0 aromatic heterocycles. The van der Waals surface area contributed by atoms with Gasteiger partial charge in [0, 0.05) is 5.56 Å². The highest BCUT2D eigenvalue weighted by Gasteiger charge is 2.23. The quantitative estimate of drug-likeness (QED) is 0.843. The summed E-state index contributed by atoms with van der Waals surface area (Å²) in [5, 5.41) is 0. The highest BCUT2D eigenvalue weighted by Crippen LogP contribution is 2.39. The summed E-state index contributed by atoms with van der Waals surface area (Å²) in [6, 6.07) is 15.2. The maximum absolute atomic E-state index is 11.4. The molecule has 2 aromatic carbocycles. The minimum atomic E-state index is -0.446. The van der Waals surface area contributed by atoms with Crippen molar-refractivity contribution in [3.05, 3.63) is 59.7 Å². The van der Waals surface area contributed by atoms with Crippen molar-refractivity contribution in [1.82, 2.24) is 0 Å². The molecule has 0 saturated heterocycles. The predicted molar refractivity (Wildman–Crippen MR) is 71.4 cm³/mol. The second-order valence-electron chi connectivity index (χ2n) is 4.33. The van der Waals surface area contributed by atoms with Crippen molar-refractivity contribution in [1.29, 1.82) is 0 Å². The summed E-state index contributed by atoms with van der Waals surface area (Å²) in [6.07, 6.45) is 2.10. The zero-order valence-corrected chi connectivity index (χ0v) is 10.3. The number of benzene rings is 2. The molecule has 19 heavy (non-hydrogen) atoms. The van der Waals surface area contributed by atoms with E-state index in [1.54, 1.807) is 0 Å². The summed E-state index contributed by atoms with van der Waals surface area (Å²) < 4.78 is 11.2. The Morgan fingerprint density at radius 3 is 2.53 bits per heavy atom. The average molecular weight is 253 g/mol. The van der Waals surface area contributed by atoms with Gasteiger partial charge in [0.2, 0.25) is 6.29 Å². The lowest BCUT2D eigenvalue weighted by atomic mass is 9.91. The normalized spacial score (nSPS) is 14.7. The van der Waals surface area contributed by atoms with Crippen molar-refractivity contribution < 1.29 is 14.3 Å². The Hall–Kier alpha value is -2.29. The third-order valence-corrected chi connectivity index (χ3v) is 3.16. The first-order valence-corrected chi connectivity index (χ1v) is 6.21. The molecule has 1 aliphatic rings. The van der Waals surface area contributed by atoms with Gasteiger partial charge < -0.3 is 9.47 Å². The van der Waals surface area contributed by atoms with Crippen LogP contribution in [-0.4, -0.2) is 19.5 Å². The number of hydrogen-bond donors (Lipinski definition) is 0. The number of rotatable bonds is 3. The van der Waals surface area contributed by atoms with Gasteiger partial charge in [-0.1, -0.05) is 42.5 Å². The third kappa shape index (κ3) is 2.19. The molecule has 3 rings (SSSR count). The molecule has 1 aliphatic heterocycles. The molecule has 1 atom stereocenters. The van der Waals surface area contributed by atoms with Crippen LogP contribution >= 0.6 is 0 Å². The summed E-state index contributed by atoms with van der Waals surface area (Å²) in [5.41, 5.74) is 1.71. The second kappa shape index (κ2) is 5.14. The standard InChI is InChI=1S/C16H13O3/c17-11-14(12-5-2-1-3-6-12)13-7-4-8-15-16(13)19-10-9-18-15/h1-8,14H,9-10H2. The van der Waals surface area contributed by atoms with Crippen molar-refractivity contribution in [2.45, 2.75) is 5.92 Å². The van der Waals surface area contributed by atoms with E-state index in [-0.39, 0.29) is 0 Å². The third-order valence-electron chi connectivity index (χ3n) is 3.16. The van der Waals surface area contributed by atoms with Crippen molar-refractivity contribution in [2.24, 2.45) is 0 Å². The summed E-state index contributed by atoms with van der Waals surface area (Å²) in [6.45, 7) is 1.04. The van der Waals surface area contributed by atoms with E-state index in [2.05, 4.69) is 6.29 Å². The Balaban J connectivity index is 2.07. The lowest BCUT2D eigenvalue weighted by molar-refractivity contribution is 0.170. The summed E-state index contributed by atoms with van der Waals surface area (Å²) >= 11 is 0. The monoisotopic (exact) mass is 253 g/mol. The molecule has 2 aromatic rings. The average Bonchev–Trinajstić information content (AvgIpc) is 2.49. The van der Waals surface area contributed by atoms with Crippen LogP contribution in [0.4, 0.5) is 0 Å². The molecule has 0 saturated carbocycles. The van der Waals surface area contributed by atoms with E-state index in [1.807, 2.05) is 48.5 Å². The zero-order chi connectivity index (χ0) is 13.1. The highest BCUT2D eigenvalue weighted by atomic mass is 16.6. The van der Waals surface area contributed by atoms with Gasteiger partial charge in [0.25, 0.3) is 0 Å². The van der Waals surface area contributed by atoms with Crippen LogP contribution in [0.1, 0.15) is 17.0 Å². The first kappa shape index (κ1) is 11.8. The summed E-state index contributed by atoms with van der Waals surface area (Å²) in [7, 11) is 0. The lowest BCUT2D eigenvalue weighted by Crippen LogP contribution is -2.17.